The lowest BCUT2D eigenvalue weighted by Gasteiger charge is -2.48. The summed E-state index contributed by atoms with van der Waals surface area (Å²) in [5.74, 6) is 0.777. The molecule has 0 N–H and O–H groups in total. The summed E-state index contributed by atoms with van der Waals surface area (Å²) in [5.41, 5.74) is -0.112. The number of rotatable bonds is 4. The van der Waals surface area contributed by atoms with Crippen molar-refractivity contribution in [3.05, 3.63) is 29.5 Å². The van der Waals surface area contributed by atoms with Crippen molar-refractivity contribution in [2.24, 2.45) is 5.41 Å². The molecule has 8 nitrogen and oxygen atoms in total. The Labute approximate surface area is 185 Å². The molecule has 0 unspecified atom stereocenters. The molecule has 1 spiro atoms. The molecule has 0 aliphatic carbocycles. The summed E-state index contributed by atoms with van der Waals surface area (Å²) >= 11 is 0. The molecule has 2 aliphatic rings. The van der Waals surface area contributed by atoms with Crippen LogP contribution >= 0.6 is 0 Å². The number of fused-ring (bicyclic) bond motifs is 1. The van der Waals surface area contributed by atoms with Crippen molar-refractivity contribution >= 4 is 22.8 Å². The normalized spacial score (nSPS) is 18.1. The average Bonchev–Trinajstić information content (AvgIpc) is 3.28. The van der Waals surface area contributed by atoms with E-state index in [-0.39, 0.29) is 17.1 Å². The van der Waals surface area contributed by atoms with Gasteiger partial charge in [-0.1, -0.05) is 0 Å². The first-order chi connectivity index (χ1) is 15.5. The molecule has 5 heterocycles. The highest BCUT2D eigenvalue weighted by Crippen LogP contribution is 2.43. The number of aromatic nitrogens is 6. The van der Waals surface area contributed by atoms with E-state index >= 15 is 0 Å². The van der Waals surface area contributed by atoms with Gasteiger partial charge >= 0.3 is 6.18 Å². The van der Waals surface area contributed by atoms with Crippen LogP contribution in [0.4, 0.5) is 33.7 Å². The van der Waals surface area contributed by atoms with Crippen molar-refractivity contribution in [2.45, 2.75) is 39.4 Å². The average molecular weight is 468 g/mol. The maximum absolute atomic E-state index is 13.1. The molecule has 0 bridgehead atoms. The first-order valence-corrected chi connectivity index (χ1v) is 10.4. The summed E-state index contributed by atoms with van der Waals surface area (Å²) in [6, 6.07) is 0.982. The van der Waals surface area contributed by atoms with Crippen molar-refractivity contribution in [1.29, 1.82) is 0 Å². The summed E-state index contributed by atoms with van der Waals surface area (Å²) in [4.78, 5) is 20.4. The fraction of sp³-hybridized carbons (Fsp3) is 0.550. The van der Waals surface area contributed by atoms with Crippen LogP contribution in [-0.4, -0.2) is 62.3 Å². The van der Waals surface area contributed by atoms with Crippen LogP contribution in [0.5, 0.6) is 0 Å². The van der Waals surface area contributed by atoms with E-state index in [1.54, 1.807) is 13.1 Å². The molecule has 176 valence electrons. The number of halogens is 5. The molecule has 0 atom stereocenters. The van der Waals surface area contributed by atoms with Gasteiger partial charge in [0.1, 0.15) is 23.9 Å². The molecule has 3 aromatic rings. The van der Waals surface area contributed by atoms with Gasteiger partial charge in [-0.25, -0.2) is 28.4 Å². The molecule has 13 heteroatoms. The highest BCUT2D eigenvalue weighted by atomic mass is 19.4. The number of alkyl halides is 5. The van der Waals surface area contributed by atoms with E-state index in [0.717, 1.165) is 12.5 Å². The maximum atomic E-state index is 13.1. The topological polar surface area (TPSA) is 75.9 Å². The summed E-state index contributed by atoms with van der Waals surface area (Å²) in [6.07, 6.45) is -4.66. The summed E-state index contributed by atoms with van der Waals surface area (Å²) in [5, 5.41) is 4.77. The van der Waals surface area contributed by atoms with Crippen LogP contribution in [0.25, 0.3) is 11.0 Å². The van der Waals surface area contributed by atoms with Crippen molar-refractivity contribution in [3.63, 3.8) is 0 Å². The first kappa shape index (κ1) is 21.7. The van der Waals surface area contributed by atoms with Crippen molar-refractivity contribution < 1.29 is 22.0 Å². The van der Waals surface area contributed by atoms with E-state index in [1.165, 1.54) is 11.6 Å². The first-order valence-electron chi connectivity index (χ1n) is 10.4. The van der Waals surface area contributed by atoms with Crippen LogP contribution in [0.1, 0.15) is 23.6 Å². The van der Waals surface area contributed by atoms with Gasteiger partial charge in [0.05, 0.1) is 11.1 Å². The van der Waals surface area contributed by atoms with E-state index in [2.05, 4.69) is 25.0 Å². The fourth-order valence-electron chi connectivity index (χ4n) is 4.66. The zero-order chi connectivity index (χ0) is 23.5. The van der Waals surface area contributed by atoms with E-state index < -0.39 is 24.8 Å². The van der Waals surface area contributed by atoms with Crippen LogP contribution in [0.15, 0.2) is 12.3 Å². The molecule has 2 saturated heterocycles. The molecule has 2 aliphatic heterocycles. The minimum absolute atomic E-state index is 0.0752. The van der Waals surface area contributed by atoms with E-state index in [4.69, 9.17) is 0 Å². The van der Waals surface area contributed by atoms with Crippen LogP contribution in [0.3, 0.4) is 0 Å². The smallest absolute Gasteiger partial charge is 0.355 e. The number of nitrogens with zero attached hydrogens (tertiary/aromatic N) is 8. The molecule has 33 heavy (non-hydrogen) atoms. The van der Waals surface area contributed by atoms with Crippen molar-refractivity contribution in [3.8, 4) is 0 Å². The molecule has 2 fully saturated rings. The predicted molar refractivity (Wildman–Crippen MR) is 109 cm³/mol. The van der Waals surface area contributed by atoms with Crippen LogP contribution in [-0.2, 0) is 12.7 Å². The molecule has 0 saturated carbocycles. The predicted octanol–water partition coefficient (Wildman–Crippen LogP) is 3.23. The van der Waals surface area contributed by atoms with E-state index in [0.29, 0.717) is 48.9 Å². The molecular formula is C20H21F5N8. The van der Waals surface area contributed by atoms with E-state index in [9.17, 15) is 22.0 Å². The minimum Gasteiger partial charge on any atom is -0.355 e. The van der Waals surface area contributed by atoms with Crippen LogP contribution < -0.4 is 9.80 Å². The Morgan fingerprint density at radius 3 is 2.48 bits per heavy atom. The highest BCUT2D eigenvalue weighted by Gasteiger charge is 2.49. The molecule has 0 radical (unpaired) electrons. The molecule has 3 aromatic heterocycles. The van der Waals surface area contributed by atoms with Gasteiger partial charge in [-0.05, 0) is 20.3 Å². The van der Waals surface area contributed by atoms with Gasteiger partial charge < -0.3 is 9.80 Å². The Balaban J connectivity index is 1.32. The van der Waals surface area contributed by atoms with E-state index in [1.807, 2.05) is 9.80 Å². The van der Waals surface area contributed by atoms with Crippen molar-refractivity contribution in [1.82, 2.24) is 29.7 Å². The summed E-state index contributed by atoms with van der Waals surface area (Å²) in [7, 11) is 0. The molecule has 5 rings (SSSR count). The maximum Gasteiger partial charge on any atom is 0.433 e. The molecule has 0 amide bonds. The van der Waals surface area contributed by atoms with Crippen LogP contribution in [0.2, 0.25) is 0 Å². The SMILES string of the molecule is Cc1nc(N2CC3(CCN(c4ncc5c(C)nn(CC(F)F)c5n4)C3)C2)cc(C(F)(F)F)n1. The lowest BCUT2D eigenvalue weighted by Crippen LogP contribution is -2.58. The number of hydrogen-bond acceptors (Lipinski definition) is 7. The van der Waals surface area contributed by atoms with Crippen LogP contribution in [0, 0.1) is 19.3 Å². The standard InChI is InChI=1S/C20H21F5N8/c1-11-13-6-26-18(29-17(13)33(30-11)7-15(21)22)31-4-3-19(8-31)9-32(10-19)16-5-14(20(23,24)25)27-12(2)28-16/h5-6,15H,3-4,7-10H2,1-2H3. The van der Waals surface area contributed by atoms with Gasteiger partial charge in [-0.3, -0.25) is 0 Å². The Morgan fingerprint density at radius 1 is 1.06 bits per heavy atom. The fourth-order valence-corrected chi connectivity index (χ4v) is 4.66. The zero-order valence-electron chi connectivity index (χ0n) is 17.9. The Kier molecular flexibility index (Phi) is 4.90. The summed E-state index contributed by atoms with van der Waals surface area (Å²) < 4.78 is 66.3. The second kappa shape index (κ2) is 7.45. The minimum atomic E-state index is -4.53. The molecular weight excluding hydrogens is 447 g/mol. The van der Waals surface area contributed by atoms with Gasteiger partial charge in [0, 0.05) is 43.9 Å². The third-order valence-electron chi connectivity index (χ3n) is 6.18. The summed E-state index contributed by atoms with van der Waals surface area (Å²) in [6.45, 7) is 5.02. The van der Waals surface area contributed by atoms with Crippen molar-refractivity contribution in [2.75, 3.05) is 36.0 Å². The van der Waals surface area contributed by atoms with Gasteiger partial charge in [-0.2, -0.15) is 23.3 Å². The number of aryl methyl sites for hydroxylation is 2. The van der Waals surface area contributed by atoms with Gasteiger partial charge in [-0.15, -0.1) is 0 Å². The molecule has 0 aromatic carbocycles. The number of hydrogen-bond donors (Lipinski definition) is 0. The zero-order valence-corrected chi connectivity index (χ0v) is 17.9. The number of anilines is 2. The quantitative estimate of drug-likeness (QED) is 0.545. The Bertz CT molecular complexity index is 1200. The third-order valence-corrected chi connectivity index (χ3v) is 6.18. The Morgan fingerprint density at radius 2 is 1.79 bits per heavy atom. The second-order valence-corrected chi connectivity index (χ2v) is 8.75. The third kappa shape index (κ3) is 3.93. The van der Waals surface area contributed by atoms with Gasteiger partial charge in [0.2, 0.25) is 5.95 Å². The lowest BCUT2D eigenvalue weighted by molar-refractivity contribution is -0.141. The van der Waals surface area contributed by atoms with Gasteiger partial charge in [0.15, 0.2) is 5.65 Å². The lowest BCUT2D eigenvalue weighted by atomic mass is 9.79. The highest BCUT2D eigenvalue weighted by molar-refractivity contribution is 5.78. The monoisotopic (exact) mass is 468 g/mol. The largest absolute Gasteiger partial charge is 0.433 e. The Hall–Kier alpha value is -3.12. The second-order valence-electron chi connectivity index (χ2n) is 8.75. The van der Waals surface area contributed by atoms with Gasteiger partial charge in [0.25, 0.3) is 6.43 Å².